The SMILES string of the molecule is Cl.Nc1ccc(C(=O)Nc2ccc(-c3nnc4n3CCCCC4)cc2)cc1. The summed E-state index contributed by atoms with van der Waals surface area (Å²) in [6.07, 6.45) is 4.56. The molecule has 2 heterocycles. The lowest BCUT2D eigenvalue weighted by molar-refractivity contribution is 0.102. The molecule has 2 aromatic carbocycles. The molecule has 4 rings (SSSR count). The van der Waals surface area contributed by atoms with E-state index in [-0.39, 0.29) is 18.3 Å². The summed E-state index contributed by atoms with van der Waals surface area (Å²) >= 11 is 0. The molecule has 27 heavy (non-hydrogen) atoms. The Morgan fingerprint density at radius 3 is 2.44 bits per heavy atom. The van der Waals surface area contributed by atoms with Crippen LogP contribution in [-0.2, 0) is 13.0 Å². The molecule has 3 aromatic rings. The van der Waals surface area contributed by atoms with Crippen LogP contribution in [0.3, 0.4) is 0 Å². The number of nitrogen functional groups attached to an aromatic ring is 1. The molecule has 0 unspecified atom stereocenters. The van der Waals surface area contributed by atoms with Crippen molar-refractivity contribution in [1.82, 2.24) is 14.8 Å². The largest absolute Gasteiger partial charge is 0.399 e. The van der Waals surface area contributed by atoms with Gasteiger partial charge in [-0.1, -0.05) is 6.42 Å². The molecule has 0 saturated heterocycles. The minimum atomic E-state index is -0.158. The zero-order valence-electron chi connectivity index (χ0n) is 14.9. The molecule has 1 aromatic heterocycles. The highest BCUT2D eigenvalue weighted by Crippen LogP contribution is 2.24. The quantitative estimate of drug-likeness (QED) is 0.671. The summed E-state index contributed by atoms with van der Waals surface area (Å²) < 4.78 is 2.22. The highest BCUT2D eigenvalue weighted by molar-refractivity contribution is 6.04. The fourth-order valence-corrected chi connectivity index (χ4v) is 3.24. The molecule has 7 heteroatoms. The summed E-state index contributed by atoms with van der Waals surface area (Å²) in [7, 11) is 0. The number of carbonyl (C=O) groups is 1. The van der Waals surface area contributed by atoms with Gasteiger partial charge in [0.2, 0.25) is 0 Å². The van der Waals surface area contributed by atoms with Crippen LogP contribution in [0.5, 0.6) is 0 Å². The molecular weight excluding hydrogens is 362 g/mol. The van der Waals surface area contributed by atoms with E-state index in [0.29, 0.717) is 11.3 Å². The third kappa shape index (κ3) is 4.11. The zero-order chi connectivity index (χ0) is 17.9. The zero-order valence-corrected chi connectivity index (χ0v) is 15.7. The molecule has 0 bridgehead atoms. The lowest BCUT2D eigenvalue weighted by atomic mass is 10.1. The van der Waals surface area contributed by atoms with Crippen molar-refractivity contribution in [2.24, 2.45) is 0 Å². The molecule has 0 aliphatic carbocycles. The van der Waals surface area contributed by atoms with Gasteiger partial charge in [-0.3, -0.25) is 4.79 Å². The van der Waals surface area contributed by atoms with E-state index in [0.717, 1.165) is 42.3 Å². The maximum absolute atomic E-state index is 12.3. The number of nitrogens with one attached hydrogen (secondary N) is 1. The summed E-state index contributed by atoms with van der Waals surface area (Å²) in [5.74, 6) is 1.81. The van der Waals surface area contributed by atoms with E-state index >= 15 is 0 Å². The third-order valence-corrected chi connectivity index (χ3v) is 4.68. The van der Waals surface area contributed by atoms with E-state index in [1.807, 2.05) is 24.3 Å². The molecule has 0 atom stereocenters. The Bertz CT molecular complexity index is 919. The number of rotatable bonds is 3. The van der Waals surface area contributed by atoms with E-state index in [2.05, 4.69) is 20.1 Å². The second kappa shape index (κ2) is 8.22. The molecule has 140 valence electrons. The number of anilines is 2. The van der Waals surface area contributed by atoms with Crippen LogP contribution in [0.1, 0.15) is 35.4 Å². The number of carbonyl (C=O) groups excluding carboxylic acids is 1. The number of hydrogen-bond donors (Lipinski definition) is 2. The lowest BCUT2D eigenvalue weighted by Gasteiger charge is -2.09. The van der Waals surface area contributed by atoms with Crippen LogP contribution in [0.25, 0.3) is 11.4 Å². The number of fused-ring (bicyclic) bond motifs is 1. The topological polar surface area (TPSA) is 85.8 Å². The maximum Gasteiger partial charge on any atom is 0.255 e. The van der Waals surface area contributed by atoms with Gasteiger partial charge in [0.1, 0.15) is 5.82 Å². The number of benzene rings is 2. The Kier molecular flexibility index (Phi) is 5.76. The summed E-state index contributed by atoms with van der Waals surface area (Å²) in [4.78, 5) is 12.3. The number of amides is 1. The molecule has 1 aliphatic heterocycles. The first-order valence-electron chi connectivity index (χ1n) is 8.90. The predicted octanol–water partition coefficient (Wildman–Crippen LogP) is 3.93. The average Bonchev–Trinajstić information content (AvgIpc) is 2.91. The van der Waals surface area contributed by atoms with Crippen LogP contribution in [0.15, 0.2) is 48.5 Å². The van der Waals surface area contributed by atoms with Gasteiger partial charge in [-0.05, 0) is 61.4 Å². The van der Waals surface area contributed by atoms with Crippen molar-refractivity contribution in [3.63, 3.8) is 0 Å². The summed E-state index contributed by atoms with van der Waals surface area (Å²) in [5, 5.41) is 11.6. The van der Waals surface area contributed by atoms with Crippen LogP contribution >= 0.6 is 12.4 Å². The summed E-state index contributed by atoms with van der Waals surface area (Å²) in [6, 6.07) is 14.6. The first kappa shape index (κ1) is 18.9. The normalized spacial score (nSPS) is 13.2. The number of nitrogens with zero attached hydrogens (tertiary/aromatic N) is 3. The van der Waals surface area contributed by atoms with Gasteiger partial charge in [0.15, 0.2) is 5.82 Å². The second-order valence-electron chi connectivity index (χ2n) is 6.56. The third-order valence-electron chi connectivity index (χ3n) is 4.68. The lowest BCUT2D eigenvalue weighted by Crippen LogP contribution is -2.11. The average molecular weight is 384 g/mol. The van der Waals surface area contributed by atoms with Gasteiger partial charge in [0.25, 0.3) is 5.91 Å². The molecule has 0 fully saturated rings. The number of halogens is 1. The Labute approximate surface area is 164 Å². The molecule has 0 radical (unpaired) electrons. The van der Waals surface area contributed by atoms with Gasteiger partial charge in [-0.25, -0.2) is 0 Å². The monoisotopic (exact) mass is 383 g/mol. The van der Waals surface area contributed by atoms with Crippen LogP contribution < -0.4 is 11.1 Å². The van der Waals surface area contributed by atoms with E-state index in [1.165, 1.54) is 12.8 Å². The molecule has 0 saturated carbocycles. The Morgan fingerprint density at radius 1 is 0.963 bits per heavy atom. The number of aryl methyl sites for hydroxylation is 1. The van der Waals surface area contributed by atoms with Crippen molar-refractivity contribution in [3.8, 4) is 11.4 Å². The van der Waals surface area contributed by atoms with Crippen molar-refractivity contribution >= 4 is 29.7 Å². The van der Waals surface area contributed by atoms with E-state index in [4.69, 9.17) is 5.73 Å². The predicted molar refractivity (Wildman–Crippen MR) is 109 cm³/mol. The van der Waals surface area contributed by atoms with E-state index in [9.17, 15) is 4.79 Å². The number of nitrogens with two attached hydrogens (primary N) is 1. The molecule has 1 amide bonds. The minimum Gasteiger partial charge on any atom is -0.399 e. The number of hydrogen-bond acceptors (Lipinski definition) is 4. The Hall–Kier alpha value is -2.86. The fraction of sp³-hybridized carbons (Fsp3) is 0.250. The van der Waals surface area contributed by atoms with Crippen molar-refractivity contribution < 1.29 is 4.79 Å². The summed E-state index contributed by atoms with van der Waals surface area (Å²) in [6.45, 7) is 0.966. The molecule has 3 N–H and O–H groups in total. The van der Waals surface area contributed by atoms with E-state index < -0.39 is 0 Å². The summed E-state index contributed by atoms with van der Waals surface area (Å²) in [5.41, 5.74) is 8.62. The highest BCUT2D eigenvalue weighted by Gasteiger charge is 2.16. The van der Waals surface area contributed by atoms with Crippen molar-refractivity contribution in [2.45, 2.75) is 32.2 Å². The van der Waals surface area contributed by atoms with Gasteiger partial charge in [0, 0.05) is 35.5 Å². The molecule has 6 nitrogen and oxygen atoms in total. The first-order chi connectivity index (χ1) is 12.7. The van der Waals surface area contributed by atoms with Crippen molar-refractivity contribution in [3.05, 3.63) is 59.9 Å². The highest BCUT2D eigenvalue weighted by atomic mass is 35.5. The van der Waals surface area contributed by atoms with Gasteiger partial charge in [-0.15, -0.1) is 22.6 Å². The van der Waals surface area contributed by atoms with Gasteiger partial charge < -0.3 is 15.6 Å². The maximum atomic E-state index is 12.3. The van der Waals surface area contributed by atoms with E-state index in [1.54, 1.807) is 24.3 Å². The second-order valence-corrected chi connectivity index (χ2v) is 6.56. The Morgan fingerprint density at radius 2 is 1.70 bits per heavy atom. The standard InChI is InChI=1S/C20H21N5O.ClH/c21-16-9-5-15(6-10-16)20(26)22-17-11-7-14(8-12-17)19-24-23-18-4-2-1-3-13-25(18)19;/h5-12H,1-4,13,21H2,(H,22,26);1H. The van der Waals surface area contributed by atoms with Crippen LogP contribution in [0.2, 0.25) is 0 Å². The van der Waals surface area contributed by atoms with Crippen LogP contribution in [-0.4, -0.2) is 20.7 Å². The fourth-order valence-electron chi connectivity index (χ4n) is 3.24. The first-order valence-corrected chi connectivity index (χ1v) is 8.90. The molecule has 1 aliphatic rings. The smallest absolute Gasteiger partial charge is 0.255 e. The van der Waals surface area contributed by atoms with Crippen LogP contribution in [0, 0.1) is 0 Å². The van der Waals surface area contributed by atoms with Gasteiger partial charge in [0.05, 0.1) is 0 Å². The number of aromatic nitrogens is 3. The van der Waals surface area contributed by atoms with Crippen molar-refractivity contribution in [2.75, 3.05) is 11.1 Å². The van der Waals surface area contributed by atoms with Crippen molar-refractivity contribution in [1.29, 1.82) is 0 Å². The minimum absolute atomic E-state index is 0. The van der Waals surface area contributed by atoms with Crippen LogP contribution in [0.4, 0.5) is 11.4 Å². The Balaban J connectivity index is 0.00000210. The van der Waals surface area contributed by atoms with Gasteiger partial charge >= 0.3 is 0 Å². The van der Waals surface area contributed by atoms with Gasteiger partial charge in [-0.2, -0.15) is 0 Å². The molecule has 0 spiro atoms. The molecular formula is C20H22ClN5O.